The van der Waals surface area contributed by atoms with E-state index < -0.39 is 0 Å². The predicted molar refractivity (Wildman–Crippen MR) is 117 cm³/mol. The van der Waals surface area contributed by atoms with E-state index in [1.165, 1.54) is 49.0 Å². The first-order valence-electron chi connectivity index (χ1n) is 10.8. The molecular weight excluding hydrogens is 346 g/mol. The zero-order valence-electron chi connectivity index (χ0n) is 17.7. The lowest BCUT2D eigenvalue weighted by Gasteiger charge is -2.26. The van der Waals surface area contributed by atoms with Crippen molar-refractivity contribution in [3.63, 3.8) is 0 Å². The van der Waals surface area contributed by atoms with Gasteiger partial charge in [0.05, 0.1) is 7.11 Å². The van der Waals surface area contributed by atoms with Gasteiger partial charge in [-0.25, -0.2) is 0 Å². The number of benzene rings is 2. The molecule has 3 rings (SSSR count). The van der Waals surface area contributed by atoms with E-state index in [0.29, 0.717) is 5.92 Å². The summed E-state index contributed by atoms with van der Waals surface area (Å²) < 4.78 is 11.3. The van der Waals surface area contributed by atoms with Gasteiger partial charge in [-0.15, -0.1) is 0 Å². The highest BCUT2D eigenvalue weighted by Gasteiger charge is 2.12. The third-order valence-electron chi connectivity index (χ3n) is 5.85. The molecule has 0 bridgehead atoms. The van der Waals surface area contributed by atoms with Crippen LogP contribution in [0.1, 0.15) is 55.7 Å². The van der Waals surface area contributed by atoms with Crippen LogP contribution in [0.25, 0.3) is 0 Å². The molecule has 0 N–H and O–H groups in total. The minimum absolute atomic E-state index is 0.478. The Morgan fingerprint density at radius 1 is 0.964 bits per heavy atom. The Kier molecular flexibility index (Phi) is 7.79. The molecular formula is C25H35NO2. The van der Waals surface area contributed by atoms with Crippen LogP contribution < -0.4 is 9.47 Å². The summed E-state index contributed by atoms with van der Waals surface area (Å²) in [6, 6.07) is 15.1. The van der Waals surface area contributed by atoms with Crippen LogP contribution in [0.15, 0.2) is 42.5 Å². The second-order valence-corrected chi connectivity index (χ2v) is 7.92. The summed E-state index contributed by atoms with van der Waals surface area (Å²) in [7, 11) is 1.73. The lowest BCUT2D eigenvalue weighted by molar-refractivity contribution is 0.183. The Labute approximate surface area is 170 Å². The van der Waals surface area contributed by atoms with Gasteiger partial charge in [-0.1, -0.05) is 38.5 Å². The van der Waals surface area contributed by atoms with Crippen molar-refractivity contribution < 1.29 is 9.47 Å². The number of nitrogens with zero attached hydrogens (tertiary/aromatic N) is 1. The predicted octanol–water partition coefficient (Wildman–Crippen LogP) is 5.47. The van der Waals surface area contributed by atoms with Crippen LogP contribution >= 0.6 is 0 Å². The van der Waals surface area contributed by atoms with E-state index in [1.54, 1.807) is 7.11 Å². The van der Waals surface area contributed by atoms with Gasteiger partial charge in [-0.2, -0.15) is 0 Å². The lowest BCUT2D eigenvalue weighted by atomic mass is 9.89. The Balaban J connectivity index is 1.52. The van der Waals surface area contributed by atoms with Gasteiger partial charge in [-0.3, -0.25) is 4.90 Å². The van der Waals surface area contributed by atoms with Crippen LogP contribution in [0.4, 0.5) is 0 Å². The van der Waals surface area contributed by atoms with Crippen molar-refractivity contribution in [2.75, 3.05) is 33.4 Å². The van der Waals surface area contributed by atoms with Crippen LogP contribution in [0.5, 0.6) is 11.5 Å². The van der Waals surface area contributed by atoms with Gasteiger partial charge in [0.1, 0.15) is 18.1 Å². The first kappa shape index (κ1) is 20.7. The molecule has 1 aliphatic rings. The monoisotopic (exact) mass is 381 g/mol. The molecule has 3 heteroatoms. The van der Waals surface area contributed by atoms with Crippen molar-refractivity contribution in [2.45, 2.75) is 51.9 Å². The number of hydrogen-bond donors (Lipinski definition) is 0. The molecule has 0 aliphatic carbocycles. The number of aryl methyl sites for hydroxylation is 1. The van der Waals surface area contributed by atoms with Crippen LogP contribution in [0.2, 0.25) is 0 Å². The summed E-state index contributed by atoms with van der Waals surface area (Å²) in [5.74, 6) is 2.40. The summed E-state index contributed by atoms with van der Waals surface area (Å²) in [4.78, 5) is 2.51. The fourth-order valence-corrected chi connectivity index (χ4v) is 4.16. The van der Waals surface area contributed by atoms with Gasteiger partial charge in [0, 0.05) is 6.54 Å². The van der Waals surface area contributed by atoms with Crippen molar-refractivity contribution in [2.24, 2.45) is 0 Å². The molecule has 1 saturated heterocycles. The maximum atomic E-state index is 5.96. The van der Waals surface area contributed by atoms with E-state index in [-0.39, 0.29) is 0 Å². The van der Waals surface area contributed by atoms with E-state index in [9.17, 15) is 0 Å². The largest absolute Gasteiger partial charge is 0.497 e. The highest BCUT2D eigenvalue weighted by atomic mass is 16.5. The number of likely N-dealkylation sites (tertiary alicyclic amines) is 1. The number of hydrogen-bond acceptors (Lipinski definition) is 3. The van der Waals surface area contributed by atoms with Gasteiger partial charge in [0.25, 0.3) is 0 Å². The fourth-order valence-electron chi connectivity index (χ4n) is 4.16. The molecule has 1 unspecified atom stereocenters. The van der Waals surface area contributed by atoms with E-state index in [4.69, 9.17) is 9.47 Å². The van der Waals surface area contributed by atoms with Crippen molar-refractivity contribution >= 4 is 0 Å². The fraction of sp³-hybridized carbons (Fsp3) is 0.520. The average Bonchev–Trinajstić information content (AvgIpc) is 2.75. The minimum atomic E-state index is 0.478. The number of ether oxygens (including phenoxy) is 2. The molecule has 2 aromatic rings. The normalized spacial score (nSPS) is 16.0. The zero-order valence-corrected chi connectivity index (χ0v) is 17.7. The SMILES string of the molecule is CCc1cc(OC)ccc1C(C)Cc1ccc(OCCN2CCCCC2)cc1. The molecule has 1 atom stereocenters. The second-order valence-electron chi connectivity index (χ2n) is 7.92. The molecule has 0 saturated carbocycles. The highest BCUT2D eigenvalue weighted by molar-refractivity contribution is 5.38. The molecule has 152 valence electrons. The minimum Gasteiger partial charge on any atom is -0.497 e. The van der Waals surface area contributed by atoms with E-state index in [1.807, 2.05) is 0 Å². The van der Waals surface area contributed by atoms with Gasteiger partial charge >= 0.3 is 0 Å². The average molecular weight is 382 g/mol. The summed E-state index contributed by atoms with van der Waals surface area (Å²) >= 11 is 0. The Morgan fingerprint density at radius 3 is 2.36 bits per heavy atom. The third-order valence-corrected chi connectivity index (χ3v) is 5.85. The smallest absolute Gasteiger partial charge is 0.119 e. The van der Waals surface area contributed by atoms with Crippen LogP contribution in [-0.4, -0.2) is 38.3 Å². The quantitative estimate of drug-likeness (QED) is 0.575. The lowest BCUT2D eigenvalue weighted by Crippen LogP contribution is -2.33. The Hall–Kier alpha value is -2.00. The standard InChI is InChI=1S/C25H35NO2/c1-4-22-19-24(27-3)12-13-25(22)20(2)18-21-8-10-23(11-9-21)28-17-16-26-14-6-5-7-15-26/h8-13,19-20H,4-7,14-18H2,1-3H3. The topological polar surface area (TPSA) is 21.7 Å². The first-order chi connectivity index (χ1) is 13.7. The summed E-state index contributed by atoms with van der Waals surface area (Å²) in [5.41, 5.74) is 4.16. The Bertz CT molecular complexity index is 720. The maximum Gasteiger partial charge on any atom is 0.119 e. The van der Waals surface area contributed by atoms with Gasteiger partial charge in [0.15, 0.2) is 0 Å². The second kappa shape index (κ2) is 10.5. The van der Waals surface area contributed by atoms with Crippen LogP contribution in [-0.2, 0) is 12.8 Å². The Morgan fingerprint density at radius 2 is 1.68 bits per heavy atom. The summed E-state index contributed by atoms with van der Waals surface area (Å²) in [6.07, 6.45) is 6.11. The molecule has 1 fully saturated rings. The molecule has 3 nitrogen and oxygen atoms in total. The summed E-state index contributed by atoms with van der Waals surface area (Å²) in [5, 5.41) is 0. The molecule has 28 heavy (non-hydrogen) atoms. The molecule has 0 spiro atoms. The molecule has 0 aromatic heterocycles. The highest BCUT2D eigenvalue weighted by Crippen LogP contribution is 2.28. The first-order valence-corrected chi connectivity index (χ1v) is 10.8. The maximum absolute atomic E-state index is 5.96. The number of piperidine rings is 1. The molecule has 2 aromatic carbocycles. The van der Waals surface area contributed by atoms with Crippen molar-refractivity contribution in [3.05, 3.63) is 59.2 Å². The van der Waals surface area contributed by atoms with Crippen LogP contribution in [0, 0.1) is 0 Å². The van der Waals surface area contributed by atoms with E-state index >= 15 is 0 Å². The zero-order chi connectivity index (χ0) is 19.8. The van der Waals surface area contributed by atoms with E-state index in [2.05, 4.69) is 61.2 Å². The van der Waals surface area contributed by atoms with Crippen molar-refractivity contribution in [1.82, 2.24) is 4.90 Å². The van der Waals surface area contributed by atoms with Crippen molar-refractivity contribution in [1.29, 1.82) is 0 Å². The van der Waals surface area contributed by atoms with Crippen molar-refractivity contribution in [3.8, 4) is 11.5 Å². The molecule has 1 heterocycles. The molecule has 1 aliphatic heterocycles. The third kappa shape index (κ3) is 5.75. The van der Waals surface area contributed by atoms with Crippen LogP contribution in [0.3, 0.4) is 0 Å². The van der Waals surface area contributed by atoms with E-state index in [0.717, 1.165) is 37.5 Å². The number of methoxy groups -OCH3 is 1. The number of rotatable bonds is 9. The van der Waals surface area contributed by atoms with Gasteiger partial charge < -0.3 is 9.47 Å². The molecule has 0 radical (unpaired) electrons. The van der Waals surface area contributed by atoms with Gasteiger partial charge in [0.2, 0.25) is 0 Å². The van der Waals surface area contributed by atoms with Gasteiger partial charge in [-0.05, 0) is 85.6 Å². The summed E-state index contributed by atoms with van der Waals surface area (Å²) in [6.45, 7) is 8.79. The molecule has 0 amide bonds.